The molecule has 0 fully saturated rings. The van der Waals surface area contributed by atoms with Gasteiger partial charge in [-0.3, -0.25) is 9.59 Å². The Morgan fingerprint density at radius 1 is 1.10 bits per heavy atom. The van der Waals surface area contributed by atoms with Gasteiger partial charge in [0.05, 0.1) is 13.3 Å². The van der Waals surface area contributed by atoms with Crippen molar-refractivity contribution in [1.29, 1.82) is 0 Å². The summed E-state index contributed by atoms with van der Waals surface area (Å²) < 4.78 is 11.3. The van der Waals surface area contributed by atoms with Crippen LogP contribution in [0.15, 0.2) is 41.5 Å². The molecule has 2 aromatic carbocycles. The quantitative estimate of drug-likeness (QED) is 0.261. The summed E-state index contributed by atoms with van der Waals surface area (Å²) in [6.07, 6.45) is 3.07. The minimum atomic E-state index is -0.851. The van der Waals surface area contributed by atoms with E-state index in [1.807, 2.05) is 6.92 Å². The van der Waals surface area contributed by atoms with E-state index in [1.54, 1.807) is 36.4 Å². The average molecular weight is 452 g/mol. The Morgan fingerprint density at radius 3 is 2.47 bits per heavy atom. The number of para-hydroxylation sites is 1. The molecule has 0 bridgehead atoms. The van der Waals surface area contributed by atoms with Gasteiger partial charge in [-0.15, -0.1) is 0 Å². The molecule has 0 heterocycles. The van der Waals surface area contributed by atoms with Crippen LogP contribution < -0.4 is 20.2 Å². The number of benzene rings is 2. The van der Waals surface area contributed by atoms with Crippen molar-refractivity contribution >= 4 is 41.2 Å². The Hall–Kier alpha value is -2.77. The van der Waals surface area contributed by atoms with Crippen molar-refractivity contribution < 1.29 is 19.1 Å². The van der Waals surface area contributed by atoms with Crippen LogP contribution in [-0.4, -0.2) is 31.7 Å². The Bertz CT molecular complexity index is 899. The van der Waals surface area contributed by atoms with Crippen molar-refractivity contribution in [3.05, 3.63) is 57.6 Å². The Balaban J connectivity index is 2.10. The average Bonchev–Trinajstić information content (AvgIpc) is 2.73. The van der Waals surface area contributed by atoms with Gasteiger partial charge in [0, 0.05) is 27.7 Å². The number of nitrogens with zero attached hydrogens (tertiary/aromatic N) is 1. The first kappa shape index (κ1) is 23.5. The number of carbonyl (C=O) groups is 2. The fourth-order valence-electron chi connectivity index (χ4n) is 2.43. The van der Waals surface area contributed by atoms with E-state index in [1.165, 1.54) is 13.3 Å². The molecule has 0 spiro atoms. The molecule has 0 atom stereocenters. The number of hydrazone groups is 1. The fourth-order valence-corrected chi connectivity index (χ4v) is 2.94. The predicted octanol–water partition coefficient (Wildman–Crippen LogP) is 3.95. The van der Waals surface area contributed by atoms with Crippen molar-refractivity contribution in [3.63, 3.8) is 0 Å². The summed E-state index contributed by atoms with van der Waals surface area (Å²) in [5.41, 5.74) is 3.36. The SMILES string of the molecule is CCCCNC(=O)C(=O)N/N=C\c1cccc(OC)c1OCc1c(Cl)cccc1Cl. The van der Waals surface area contributed by atoms with Crippen LogP contribution >= 0.6 is 23.2 Å². The molecule has 7 nitrogen and oxygen atoms in total. The summed E-state index contributed by atoms with van der Waals surface area (Å²) in [7, 11) is 1.51. The van der Waals surface area contributed by atoms with E-state index >= 15 is 0 Å². The largest absolute Gasteiger partial charge is 0.493 e. The minimum absolute atomic E-state index is 0.103. The topological polar surface area (TPSA) is 89.0 Å². The van der Waals surface area contributed by atoms with Gasteiger partial charge in [0.15, 0.2) is 11.5 Å². The lowest BCUT2D eigenvalue weighted by Crippen LogP contribution is -2.38. The first-order valence-electron chi connectivity index (χ1n) is 9.31. The summed E-state index contributed by atoms with van der Waals surface area (Å²) in [5, 5.41) is 7.32. The summed E-state index contributed by atoms with van der Waals surface area (Å²) in [6.45, 7) is 2.53. The van der Waals surface area contributed by atoms with E-state index in [2.05, 4.69) is 15.8 Å². The number of amides is 2. The fraction of sp³-hybridized carbons (Fsp3) is 0.286. The molecule has 2 rings (SSSR count). The van der Waals surface area contributed by atoms with Crippen molar-refractivity contribution in [2.45, 2.75) is 26.4 Å². The maximum absolute atomic E-state index is 11.8. The van der Waals surface area contributed by atoms with Crippen LogP contribution in [0, 0.1) is 0 Å². The van der Waals surface area contributed by atoms with Gasteiger partial charge < -0.3 is 14.8 Å². The third-order valence-electron chi connectivity index (χ3n) is 4.04. The summed E-state index contributed by atoms with van der Waals surface area (Å²) in [5.74, 6) is -0.737. The van der Waals surface area contributed by atoms with Gasteiger partial charge in [0.2, 0.25) is 0 Å². The third-order valence-corrected chi connectivity index (χ3v) is 4.75. The number of unbranched alkanes of at least 4 members (excludes halogenated alkanes) is 1. The number of rotatable bonds is 9. The number of nitrogens with one attached hydrogen (secondary N) is 2. The molecule has 0 saturated heterocycles. The molecule has 0 saturated carbocycles. The van der Waals surface area contributed by atoms with Gasteiger partial charge >= 0.3 is 11.8 Å². The zero-order valence-corrected chi connectivity index (χ0v) is 18.2. The van der Waals surface area contributed by atoms with E-state index in [4.69, 9.17) is 32.7 Å². The van der Waals surface area contributed by atoms with E-state index in [0.717, 1.165) is 12.8 Å². The summed E-state index contributed by atoms with van der Waals surface area (Å²) in [6, 6.07) is 10.4. The molecule has 30 heavy (non-hydrogen) atoms. The van der Waals surface area contributed by atoms with E-state index in [9.17, 15) is 9.59 Å². The predicted molar refractivity (Wildman–Crippen MR) is 117 cm³/mol. The number of ether oxygens (including phenoxy) is 2. The molecule has 2 amide bonds. The first-order chi connectivity index (χ1) is 14.5. The van der Waals surface area contributed by atoms with Crippen molar-refractivity contribution in [3.8, 4) is 11.5 Å². The molecule has 0 unspecified atom stereocenters. The van der Waals surface area contributed by atoms with E-state index in [0.29, 0.717) is 39.2 Å². The van der Waals surface area contributed by atoms with Crippen LogP contribution in [0.2, 0.25) is 10.0 Å². The number of carbonyl (C=O) groups excluding carboxylic acids is 2. The molecule has 0 radical (unpaired) electrons. The normalized spacial score (nSPS) is 10.7. The second kappa shape index (κ2) is 12.0. The van der Waals surface area contributed by atoms with Crippen LogP contribution in [0.4, 0.5) is 0 Å². The highest BCUT2D eigenvalue weighted by molar-refractivity contribution is 6.36. The third kappa shape index (κ3) is 6.64. The highest BCUT2D eigenvalue weighted by atomic mass is 35.5. The summed E-state index contributed by atoms with van der Waals surface area (Å²) in [4.78, 5) is 23.5. The lowest BCUT2D eigenvalue weighted by molar-refractivity contribution is -0.139. The zero-order chi connectivity index (χ0) is 21.9. The van der Waals surface area contributed by atoms with Gasteiger partial charge in [-0.1, -0.05) is 48.7 Å². The lowest BCUT2D eigenvalue weighted by Gasteiger charge is -2.14. The van der Waals surface area contributed by atoms with Gasteiger partial charge in [0.25, 0.3) is 0 Å². The van der Waals surface area contributed by atoms with Crippen molar-refractivity contribution in [1.82, 2.24) is 10.7 Å². The minimum Gasteiger partial charge on any atom is -0.493 e. The number of hydrogen-bond donors (Lipinski definition) is 2. The molecule has 2 aromatic rings. The Morgan fingerprint density at radius 2 is 1.80 bits per heavy atom. The van der Waals surface area contributed by atoms with Crippen LogP contribution in [-0.2, 0) is 16.2 Å². The van der Waals surface area contributed by atoms with Gasteiger partial charge in [-0.05, 0) is 30.7 Å². The molecule has 0 aliphatic carbocycles. The van der Waals surface area contributed by atoms with E-state index < -0.39 is 11.8 Å². The number of hydrogen-bond acceptors (Lipinski definition) is 5. The standard InChI is InChI=1S/C21H23Cl2N3O4/c1-3-4-11-24-20(27)21(28)26-25-12-14-7-5-10-18(29-2)19(14)30-13-15-16(22)8-6-9-17(15)23/h5-10,12H,3-4,11,13H2,1-2H3,(H,24,27)(H,26,28)/b25-12-. The molecular formula is C21H23Cl2N3O4. The maximum atomic E-state index is 11.8. The second-order valence-corrected chi connectivity index (χ2v) is 6.99. The molecule has 0 aliphatic rings. The molecule has 9 heteroatoms. The highest BCUT2D eigenvalue weighted by Crippen LogP contribution is 2.32. The van der Waals surface area contributed by atoms with Crippen molar-refractivity contribution in [2.24, 2.45) is 5.10 Å². The lowest BCUT2D eigenvalue weighted by atomic mass is 10.2. The number of methoxy groups -OCH3 is 1. The van der Waals surface area contributed by atoms with Gasteiger partial charge in [-0.25, -0.2) is 5.43 Å². The summed E-state index contributed by atoms with van der Waals surface area (Å²) >= 11 is 12.4. The maximum Gasteiger partial charge on any atom is 0.329 e. The Labute approximate surface area is 185 Å². The highest BCUT2D eigenvalue weighted by Gasteiger charge is 2.14. The molecule has 0 aliphatic heterocycles. The van der Waals surface area contributed by atoms with E-state index in [-0.39, 0.29) is 6.61 Å². The van der Waals surface area contributed by atoms with Gasteiger partial charge in [0.1, 0.15) is 6.61 Å². The Kier molecular flexibility index (Phi) is 9.44. The van der Waals surface area contributed by atoms with Crippen LogP contribution in [0.25, 0.3) is 0 Å². The molecule has 160 valence electrons. The van der Waals surface area contributed by atoms with Crippen molar-refractivity contribution in [2.75, 3.05) is 13.7 Å². The van der Waals surface area contributed by atoms with Crippen LogP contribution in [0.1, 0.15) is 30.9 Å². The zero-order valence-electron chi connectivity index (χ0n) is 16.7. The van der Waals surface area contributed by atoms with Crippen LogP contribution in [0.5, 0.6) is 11.5 Å². The number of halogens is 2. The van der Waals surface area contributed by atoms with Crippen LogP contribution in [0.3, 0.4) is 0 Å². The van der Waals surface area contributed by atoms with Gasteiger partial charge in [-0.2, -0.15) is 5.10 Å². The molecular weight excluding hydrogens is 429 g/mol. The second-order valence-electron chi connectivity index (χ2n) is 6.18. The molecule has 2 N–H and O–H groups in total. The smallest absolute Gasteiger partial charge is 0.329 e. The molecule has 0 aromatic heterocycles. The monoisotopic (exact) mass is 451 g/mol. The first-order valence-corrected chi connectivity index (χ1v) is 10.1.